The first-order valence-electron chi connectivity index (χ1n) is 8.30. The SMILES string of the molecule is Cc1ccc(C(=O)Nc2nnc(Cc3ccc(C(C)C)cc3)o2)cc1. The molecular formula is C20H21N3O2. The number of aromatic nitrogens is 2. The van der Waals surface area contributed by atoms with Gasteiger partial charge < -0.3 is 4.42 Å². The van der Waals surface area contributed by atoms with Gasteiger partial charge in [0.15, 0.2) is 0 Å². The number of nitrogens with one attached hydrogen (secondary N) is 1. The highest BCUT2D eigenvalue weighted by Crippen LogP contribution is 2.17. The van der Waals surface area contributed by atoms with E-state index < -0.39 is 0 Å². The predicted octanol–water partition coefficient (Wildman–Crippen LogP) is 4.34. The fourth-order valence-corrected chi connectivity index (χ4v) is 2.44. The maximum absolute atomic E-state index is 12.2. The summed E-state index contributed by atoms with van der Waals surface area (Å²) in [6.45, 7) is 6.30. The molecule has 0 spiro atoms. The monoisotopic (exact) mass is 335 g/mol. The lowest BCUT2D eigenvalue weighted by atomic mass is 10.0. The third-order valence-corrected chi connectivity index (χ3v) is 4.00. The Kier molecular flexibility index (Phi) is 4.93. The van der Waals surface area contributed by atoms with Crippen molar-refractivity contribution in [1.29, 1.82) is 0 Å². The number of amides is 1. The normalized spacial score (nSPS) is 10.9. The van der Waals surface area contributed by atoms with Crippen LogP contribution in [-0.2, 0) is 6.42 Å². The average Bonchev–Trinajstić information content (AvgIpc) is 3.02. The van der Waals surface area contributed by atoms with E-state index in [0.717, 1.165) is 11.1 Å². The van der Waals surface area contributed by atoms with Crippen molar-refractivity contribution in [3.05, 3.63) is 76.7 Å². The molecule has 2 aromatic carbocycles. The molecule has 0 saturated carbocycles. The molecule has 128 valence electrons. The number of hydrogen-bond donors (Lipinski definition) is 1. The Hall–Kier alpha value is -2.95. The van der Waals surface area contributed by atoms with Gasteiger partial charge in [0.05, 0.1) is 6.42 Å². The van der Waals surface area contributed by atoms with E-state index in [1.54, 1.807) is 12.1 Å². The van der Waals surface area contributed by atoms with Crippen molar-refractivity contribution in [2.24, 2.45) is 0 Å². The molecule has 0 bridgehead atoms. The van der Waals surface area contributed by atoms with Crippen molar-refractivity contribution < 1.29 is 9.21 Å². The molecule has 0 saturated heterocycles. The fourth-order valence-electron chi connectivity index (χ4n) is 2.44. The van der Waals surface area contributed by atoms with Gasteiger partial charge in [0.25, 0.3) is 5.91 Å². The minimum Gasteiger partial charge on any atom is -0.407 e. The van der Waals surface area contributed by atoms with Crippen LogP contribution in [0.15, 0.2) is 52.9 Å². The van der Waals surface area contributed by atoms with E-state index in [4.69, 9.17) is 4.42 Å². The van der Waals surface area contributed by atoms with Crippen molar-refractivity contribution in [2.75, 3.05) is 5.32 Å². The smallest absolute Gasteiger partial charge is 0.322 e. The summed E-state index contributed by atoms with van der Waals surface area (Å²) < 4.78 is 5.53. The maximum Gasteiger partial charge on any atom is 0.322 e. The Morgan fingerprint density at radius 1 is 1.04 bits per heavy atom. The number of hydrogen-bond acceptors (Lipinski definition) is 4. The summed E-state index contributed by atoms with van der Waals surface area (Å²) in [6.07, 6.45) is 0.534. The highest BCUT2D eigenvalue weighted by atomic mass is 16.4. The van der Waals surface area contributed by atoms with Crippen LogP contribution >= 0.6 is 0 Å². The molecule has 5 nitrogen and oxygen atoms in total. The van der Waals surface area contributed by atoms with Crippen LogP contribution in [0.4, 0.5) is 6.01 Å². The molecule has 1 heterocycles. The largest absolute Gasteiger partial charge is 0.407 e. The van der Waals surface area contributed by atoms with E-state index >= 15 is 0 Å². The van der Waals surface area contributed by atoms with Crippen LogP contribution in [0.5, 0.6) is 0 Å². The summed E-state index contributed by atoms with van der Waals surface area (Å²) in [5.74, 6) is 0.703. The second-order valence-electron chi connectivity index (χ2n) is 6.39. The van der Waals surface area contributed by atoms with Crippen molar-refractivity contribution >= 4 is 11.9 Å². The van der Waals surface area contributed by atoms with Gasteiger partial charge in [-0.05, 0) is 36.1 Å². The summed E-state index contributed by atoms with van der Waals surface area (Å²) in [4.78, 5) is 12.2. The summed E-state index contributed by atoms with van der Waals surface area (Å²) >= 11 is 0. The van der Waals surface area contributed by atoms with Crippen LogP contribution in [0.3, 0.4) is 0 Å². The van der Waals surface area contributed by atoms with Crippen LogP contribution in [-0.4, -0.2) is 16.1 Å². The molecular weight excluding hydrogens is 314 g/mol. The molecule has 0 unspecified atom stereocenters. The second-order valence-corrected chi connectivity index (χ2v) is 6.39. The maximum atomic E-state index is 12.2. The standard InChI is InChI=1S/C20H21N3O2/c1-13(2)16-10-6-15(7-11-16)12-18-22-23-20(25-18)21-19(24)17-8-4-14(3)5-9-17/h4-11,13H,12H2,1-3H3,(H,21,23,24). The molecule has 3 aromatic rings. The molecule has 1 aromatic heterocycles. The molecule has 0 aliphatic heterocycles. The van der Waals surface area contributed by atoms with E-state index in [1.807, 2.05) is 19.1 Å². The minimum atomic E-state index is -0.267. The zero-order chi connectivity index (χ0) is 17.8. The van der Waals surface area contributed by atoms with Gasteiger partial charge in [-0.2, -0.15) is 0 Å². The molecule has 0 aliphatic carbocycles. The van der Waals surface area contributed by atoms with Gasteiger partial charge in [-0.15, -0.1) is 5.10 Å². The number of aryl methyl sites for hydroxylation is 1. The third-order valence-electron chi connectivity index (χ3n) is 4.00. The van der Waals surface area contributed by atoms with Crippen molar-refractivity contribution in [3.8, 4) is 0 Å². The van der Waals surface area contributed by atoms with Gasteiger partial charge in [-0.3, -0.25) is 10.1 Å². The predicted molar refractivity (Wildman–Crippen MR) is 96.8 cm³/mol. The van der Waals surface area contributed by atoms with Crippen molar-refractivity contribution in [2.45, 2.75) is 33.1 Å². The average molecular weight is 335 g/mol. The van der Waals surface area contributed by atoms with Gasteiger partial charge in [0.2, 0.25) is 5.89 Å². The quantitative estimate of drug-likeness (QED) is 0.753. The zero-order valence-corrected chi connectivity index (χ0v) is 14.6. The molecule has 5 heteroatoms. The summed E-state index contributed by atoms with van der Waals surface area (Å²) in [5, 5.41) is 10.5. The Morgan fingerprint density at radius 3 is 2.36 bits per heavy atom. The highest BCUT2D eigenvalue weighted by Gasteiger charge is 2.12. The van der Waals surface area contributed by atoms with Crippen LogP contribution in [0.1, 0.15) is 52.7 Å². The Morgan fingerprint density at radius 2 is 1.72 bits per heavy atom. The topological polar surface area (TPSA) is 68.0 Å². The first kappa shape index (κ1) is 16.9. The summed E-state index contributed by atoms with van der Waals surface area (Å²) in [5.41, 5.74) is 4.03. The number of carbonyl (C=O) groups excluding carboxylic acids is 1. The van der Waals surface area contributed by atoms with Crippen LogP contribution in [0.25, 0.3) is 0 Å². The molecule has 0 radical (unpaired) electrons. The summed E-state index contributed by atoms with van der Waals surface area (Å²) in [7, 11) is 0. The van der Waals surface area contributed by atoms with E-state index in [0.29, 0.717) is 23.8 Å². The molecule has 25 heavy (non-hydrogen) atoms. The van der Waals surface area contributed by atoms with E-state index in [9.17, 15) is 4.79 Å². The fraction of sp³-hybridized carbons (Fsp3) is 0.250. The number of nitrogens with zero attached hydrogens (tertiary/aromatic N) is 2. The lowest BCUT2D eigenvalue weighted by Crippen LogP contribution is -2.11. The third kappa shape index (κ3) is 4.32. The second kappa shape index (κ2) is 7.30. The first-order chi connectivity index (χ1) is 12.0. The lowest BCUT2D eigenvalue weighted by molar-refractivity contribution is 0.102. The van der Waals surface area contributed by atoms with Gasteiger partial charge >= 0.3 is 6.01 Å². The number of rotatable bonds is 5. The first-order valence-corrected chi connectivity index (χ1v) is 8.30. The van der Waals surface area contributed by atoms with Gasteiger partial charge in [-0.25, -0.2) is 0 Å². The molecule has 0 fully saturated rings. The zero-order valence-electron chi connectivity index (χ0n) is 14.6. The van der Waals surface area contributed by atoms with Crippen LogP contribution in [0.2, 0.25) is 0 Å². The Labute approximate surface area is 147 Å². The van der Waals surface area contributed by atoms with Crippen molar-refractivity contribution in [1.82, 2.24) is 10.2 Å². The molecule has 0 atom stereocenters. The van der Waals surface area contributed by atoms with Crippen LogP contribution in [0, 0.1) is 6.92 Å². The van der Waals surface area contributed by atoms with Crippen LogP contribution < -0.4 is 5.32 Å². The van der Waals surface area contributed by atoms with Crippen molar-refractivity contribution in [3.63, 3.8) is 0 Å². The Balaban J connectivity index is 1.64. The molecule has 3 rings (SSSR count). The van der Waals surface area contributed by atoms with Gasteiger partial charge in [0.1, 0.15) is 0 Å². The van der Waals surface area contributed by atoms with Gasteiger partial charge in [-0.1, -0.05) is 60.9 Å². The Bertz CT molecular complexity index is 849. The van der Waals surface area contributed by atoms with E-state index in [2.05, 4.69) is 53.6 Å². The highest BCUT2D eigenvalue weighted by molar-refractivity contribution is 6.03. The lowest BCUT2D eigenvalue weighted by Gasteiger charge is -2.05. The number of carbonyl (C=O) groups is 1. The number of anilines is 1. The van der Waals surface area contributed by atoms with Gasteiger partial charge in [0, 0.05) is 5.56 Å². The molecule has 1 N–H and O–H groups in total. The minimum absolute atomic E-state index is 0.111. The molecule has 0 aliphatic rings. The van der Waals surface area contributed by atoms with E-state index in [-0.39, 0.29) is 11.9 Å². The summed E-state index contributed by atoms with van der Waals surface area (Å²) in [6, 6.07) is 15.7. The van der Waals surface area contributed by atoms with E-state index in [1.165, 1.54) is 5.56 Å². The molecule has 1 amide bonds. The number of benzene rings is 2.